The van der Waals surface area contributed by atoms with E-state index in [1.807, 2.05) is 20.8 Å². The molecule has 4 rings (SSSR count). The molecule has 0 unspecified atom stereocenters. The van der Waals surface area contributed by atoms with E-state index in [9.17, 15) is 14.7 Å². The van der Waals surface area contributed by atoms with Crippen molar-refractivity contribution >= 4 is 11.9 Å². The average Bonchev–Trinajstić information content (AvgIpc) is 2.82. The first kappa shape index (κ1) is 15.4. The Morgan fingerprint density at radius 3 is 2.48 bits per heavy atom. The third-order valence-corrected chi connectivity index (χ3v) is 7.31. The van der Waals surface area contributed by atoms with Gasteiger partial charge in [0.2, 0.25) is 5.91 Å². The van der Waals surface area contributed by atoms with Crippen molar-refractivity contribution in [1.82, 2.24) is 4.90 Å². The molecule has 0 radical (unpaired) electrons. The number of likely N-dealkylation sites (tertiary alicyclic amines) is 1. The Kier molecular flexibility index (Phi) is 3.02. The van der Waals surface area contributed by atoms with Crippen LogP contribution in [0.3, 0.4) is 0 Å². The van der Waals surface area contributed by atoms with Crippen LogP contribution in [0, 0.1) is 34.5 Å². The molecule has 1 aliphatic heterocycles. The molecule has 0 aromatic rings. The van der Waals surface area contributed by atoms with E-state index in [0.29, 0.717) is 29.7 Å². The largest absolute Gasteiger partial charge is 0.480 e. The van der Waals surface area contributed by atoms with Crippen molar-refractivity contribution in [3.8, 4) is 0 Å². The van der Waals surface area contributed by atoms with Crippen LogP contribution < -0.4 is 5.73 Å². The molecular weight excluding hydrogens is 292 g/mol. The maximum absolute atomic E-state index is 12.9. The summed E-state index contributed by atoms with van der Waals surface area (Å²) in [4.78, 5) is 26.5. The highest BCUT2D eigenvalue weighted by Crippen LogP contribution is 2.73. The molecule has 0 aromatic carbocycles. The number of nitrogens with two attached hydrogens (primary N) is 1. The number of carboxylic acid groups (broad SMARTS) is 1. The lowest BCUT2D eigenvalue weighted by molar-refractivity contribution is -0.151. The molecular formula is C18H28N2O3. The van der Waals surface area contributed by atoms with Gasteiger partial charge >= 0.3 is 5.97 Å². The standard InChI is InChI=1S/C18H28N2O3/c1-17(2,3)14(19)15(21)20-8-10-9-6-11(18(7-9)4-5-18)12(10)13(20)16(22)23/h9-14H,4-8,19H2,1-3H3,(H,22,23)/t9-,10+,11-,12+,13-,14+/m0/s1. The summed E-state index contributed by atoms with van der Waals surface area (Å²) < 4.78 is 0. The number of rotatable bonds is 2. The van der Waals surface area contributed by atoms with Gasteiger partial charge in [0.15, 0.2) is 0 Å². The molecule has 0 aromatic heterocycles. The predicted octanol–water partition coefficient (Wildman–Crippen LogP) is 1.71. The van der Waals surface area contributed by atoms with E-state index < -0.39 is 18.1 Å². The quantitative estimate of drug-likeness (QED) is 0.811. The van der Waals surface area contributed by atoms with Crippen molar-refractivity contribution < 1.29 is 14.7 Å². The summed E-state index contributed by atoms with van der Waals surface area (Å²) in [5, 5.41) is 9.85. The van der Waals surface area contributed by atoms with Crippen LogP contribution in [0.15, 0.2) is 0 Å². The Morgan fingerprint density at radius 1 is 1.30 bits per heavy atom. The van der Waals surface area contributed by atoms with E-state index in [1.165, 1.54) is 25.7 Å². The zero-order chi connectivity index (χ0) is 16.7. The topological polar surface area (TPSA) is 83.6 Å². The molecule has 5 heteroatoms. The first-order valence-corrected chi connectivity index (χ1v) is 8.94. The van der Waals surface area contributed by atoms with Gasteiger partial charge in [-0.25, -0.2) is 4.79 Å². The fourth-order valence-corrected chi connectivity index (χ4v) is 5.92. The lowest BCUT2D eigenvalue weighted by Crippen LogP contribution is -2.54. The lowest BCUT2D eigenvalue weighted by atomic mass is 9.71. The Bertz CT molecular complexity index is 563. The van der Waals surface area contributed by atoms with Crippen molar-refractivity contribution in [2.45, 2.75) is 58.5 Å². The molecule has 5 nitrogen and oxygen atoms in total. The highest BCUT2D eigenvalue weighted by Gasteiger charge is 2.70. The highest BCUT2D eigenvalue weighted by molar-refractivity contribution is 5.88. The molecule has 128 valence electrons. The van der Waals surface area contributed by atoms with Crippen LogP contribution in [0.5, 0.6) is 0 Å². The number of carboxylic acids is 1. The van der Waals surface area contributed by atoms with Crippen LogP contribution in [-0.2, 0) is 9.59 Å². The Labute approximate surface area is 137 Å². The molecule has 23 heavy (non-hydrogen) atoms. The highest BCUT2D eigenvalue weighted by atomic mass is 16.4. The normalized spacial score (nSPS) is 41.2. The fourth-order valence-electron chi connectivity index (χ4n) is 5.92. The summed E-state index contributed by atoms with van der Waals surface area (Å²) in [6, 6.07) is -1.30. The van der Waals surface area contributed by atoms with Gasteiger partial charge in [-0.15, -0.1) is 0 Å². The van der Waals surface area contributed by atoms with E-state index in [2.05, 4.69) is 0 Å². The number of fused-ring (bicyclic) bond motifs is 6. The Hall–Kier alpha value is -1.10. The third kappa shape index (κ3) is 2.01. The maximum atomic E-state index is 12.9. The minimum Gasteiger partial charge on any atom is -0.480 e. The van der Waals surface area contributed by atoms with Crippen LogP contribution in [0.2, 0.25) is 0 Å². The first-order valence-electron chi connectivity index (χ1n) is 8.94. The molecule has 4 fully saturated rings. The number of hydrogen-bond donors (Lipinski definition) is 2. The number of aliphatic carboxylic acids is 1. The molecule has 3 aliphatic carbocycles. The molecule has 1 saturated heterocycles. The maximum Gasteiger partial charge on any atom is 0.326 e. The number of amides is 1. The molecule has 4 aliphatic rings. The molecule has 1 spiro atoms. The number of hydrogen-bond acceptors (Lipinski definition) is 3. The van der Waals surface area contributed by atoms with E-state index in [0.717, 1.165) is 0 Å². The van der Waals surface area contributed by atoms with Crippen molar-refractivity contribution in [1.29, 1.82) is 0 Å². The van der Waals surface area contributed by atoms with Gasteiger partial charge in [-0.2, -0.15) is 0 Å². The van der Waals surface area contributed by atoms with Gasteiger partial charge in [0.05, 0.1) is 6.04 Å². The van der Waals surface area contributed by atoms with Gasteiger partial charge in [-0.1, -0.05) is 20.8 Å². The fraction of sp³-hybridized carbons (Fsp3) is 0.889. The summed E-state index contributed by atoms with van der Waals surface area (Å²) in [6.07, 6.45) is 4.98. The third-order valence-electron chi connectivity index (χ3n) is 7.31. The van der Waals surface area contributed by atoms with Gasteiger partial charge in [-0.05, 0) is 60.2 Å². The Morgan fingerprint density at radius 2 is 1.96 bits per heavy atom. The monoisotopic (exact) mass is 320 g/mol. The van der Waals surface area contributed by atoms with E-state index >= 15 is 0 Å². The van der Waals surface area contributed by atoms with E-state index in [4.69, 9.17) is 5.73 Å². The molecule has 1 amide bonds. The number of carbonyl (C=O) groups is 2. The van der Waals surface area contributed by atoms with Crippen LogP contribution in [0.25, 0.3) is 0 Å². The van der Waals surface area contributed by atoms with Crippen LogP contribution >= 0.6 is 0 Å². The molecule has 1 heterocycles. The molecule has 3 N–H and O–H groups in total. The first-order chi connectivity index (χ1) is 10.7. The Balaban J connectivity index is 1.63. The summed E-state index contributed by atoms with van der Waals surface area (Å²) in [7, 11) is 0. The smallest absolute Gasteiger partial charge is 0.326 e. The molecule has 6 atom stereocenters. The van der Waals surface area contributed by atoms with Gasteiger partial charge in [-0.3, -0.25) is 4.79 Å². The lowest BCUT2D eigenvalue weighted by Gasteiger charge is -2.35. The van der Waals surface area contributed by atoms with Gasteiger partial charge in [0.1, 0.15) is 6.04 Å². The van der Waals surface area contributed by atoms with Gasteiger partial charge in [0.25, 0.3) is 0 Å². The van der Waals surface area contributed by atoms with Crippen molar-refractivity contribution in [3.63, 3.8) is 0 Å². The van der Waals surface area contributed by atoms with Crippen LogP contribution in [0.4, 0.5) is 0 Å². The minimum absolute atomic E-state index is 0.157. The van der Waals surface area contributed by atoms with Crippen LogP contribution in [-0.4, -0.2) is 40.5 Å². The summed E-state index contributed by atoms with van der Waals surface area (Å²) in [6.45, 7) is 6.41. The summed E-state index contributed by atoms with van der Waals surface area (Å²) >= 11 is 0. The van der Waals surface area contributed by atoms with Crippen LogP contribution in [0.1, 0.15) is 46.5 Å². The van der Waals surface area contributed by atoms with Gasteiger partial charge < -0.3 is 15.7 Å². The molecule has 3 saturated carbocycles. The SMILES string of the molecule is CC(C)(C)[C@H](N)C(=O)N1C[C@@H]2[C@H]3C[C@@H]([C@@H]2[C@H]1C(=O)O)C1(CC1)C3. The zero-order valence-electron chi connectivity index (χ0n) is 14.3. The van der Waals surface area contributed by atoms with Crippen molar-refractivity contribution in [2.75, 3.05) is 6.54 Å². The van der Waals surface area contributed by atoms with E-state index in [1.54, 1.807) is 4.90 Å². The van der Waals surface area contributed by atoms with Gasteiger partial charge in [0, 0.05) is 6.54 Å². The van der Waals surface area contributed by atoms with Crippen molar-refractivity contribution in [3.05, 3.63) is 0 Å². The number of carbonyl (C=O) groups excluding carboxylic acids is 1. The minimum atomic E-state index is -0.838. The second-order valence-corrected chi connectivity index (χ2v) is 9.53. The molecule has 2 bridgehead atoms. The summed E-state index contributed by atoms with van der Waals surface area (Å²) in [5.41, 5.74) is 6.24. The average molecular weight is 320 g/mol. The van der Waals surface area contributed by atoms with E-state index in [-0.39, 0.29) is 17.2 Å². The zero-order valence-corrected chi connectivity index (χ0v) is 14.3. The van der Waals surface area contributed by atoms with Crippen molar-refractivity contribution in [2.24, 2.45) is 40.2 Å². The predicted molar refractivity (Wildman–Crippen MR) is 85.4 cm³/mol. The number of nitrogens with zero attached hydrogens (tertiary/aromatic N) is 1. The second kappa shape index (κ2) is 4.50. The summed E-state index contributed by atoms with van der Waals surface area (Å²) in [5.74, 6) is 0.660. The second-order valence-electron chi connectivity index (χ2n) is 9.53.